The Morgan fingerprint density at radius 2 is 1.92 bits per heavy atom. The molecule has 0 amide bonds. The van der Waals surface area contributed by atoms with Gasteiger partial charge in [-0.05, 0) is 12.1 Å². The Morgan fingerprint density at radius 1 is 1.17 bits per heavy atom. The van der Waals surface area contributed by atoms with E-state index >= 15 is 0 Å². The number of hydrogen-bond donors (Lipinski definition) is 1. The van der Waals surface area contributed by atoms with Gasteiger partial charge in [-0.3, -0.25) is 0 Å². The molecular formula is C15H17ClN6OS. The summed E-state index contributed by atoms with van der Waals surface area (Å²) in [4.78, 5) is 0. The monoisotopic (exact) mass is 364 g/mol. The Hall–Kier alpha value is -2.06. The van der Waals surface area contributed by atoms with Crippen molar-refractivity contribution in [3.8, 4) is 11.5 Å². The minimum Gasteiger partial charge on any atom is -0.420 e. The molecule has 0 saturated carbocycles. The van der Waals surface area contributed by atoms with Crippen molar-refractivity contribution in [1.82, 2.24) is 25.1 Å². The molecule has 2 N–H and O–H groups in total. The number of benzene rings is 1. The van der Waals surface area contributed by atoms with Crippen molar-refractivity contribution in [2.45, 2.75) is 37.1 Å². The van der Waals surface area contributed by atoms with Crippen LogP contribution in [0, 0.1) is 0 Å². The number of thioether (sulfide) groups is 1. The van der Waals surface area contributed by atoms with Crippen molar-refractivity contribution in [2.24, 2.45) is 0 Å². The lowest BCUT2D eigenvalue weighted by molar-refractivity contribution is 0.522. The second-order valence-corrected chi connectivity index (χ2v) is 7.55. The van der Waals surface area contributed by atoms with E-state index in [0.717, 1.165) is 0 Å². The molecule has 0 fully saturated rings. The summed E-state index contributed by atoms with van der Waals surface area (Å²) in [6, 6.07) is 7.32. The fourth-order valence-electron chi connectivity index (χ4n) is 2.07. The number of nitrogens with two attached hydrogens (primary N) is 1. The van der Waals surface area contributed by atoms with Gasteiger partial charge in [0.15, 0.2) is 5.82 Å². The number of hydrogen-bond acceptors (Lipinski definition) is 7. The molecule has 2 aromatic heterocycles. The number of halogens is 1. The lowest BCUT2D eigenvalue weighted by atomic mass is 9.96. The molecule has 126 valence electrons. The van der Waals surface area contributed by atoms with Gasteiger partial charge in [0.25, 0.3) is 0 Å². The van der Waals surface area contributed by atoms with E-state index in [1.807, 2.05) is 39.0 Å². The zero-order valence-corrected chi connectivity index (χ0v) is 15.1. The van der Waals surface area contributed by atoms with Crippen LogP contribution in [0.5, 0.6) is 0 Å². The van der Waals surface area contributed by atoms with Crippen LogP contribution in [0.4, 0.5) is 0 Å². The van der Waals surface area contributed by atoms with Crippen molar-refractivity contribution < 1.29 is 4.42 Å². The first-order chi connectivity index (χ1) is 11.4. The molecule has 9 heteroatoms. The van der Waals surface area contributed by atoms with Crippen LogP contribution in [-0.2, 0) is 11.2 Å². The van der Waals surface area contributed by atoms with Crippen LogP contribution in [0.1, 0.15) is 32.5 Å². The molecule has 0 atom stereocenters. The van der Waals surface area contributed by atoms with Gasteiger partial charge in [0, 0.05) is 5.41 Å². The third kappa shape index (κ3) is 3.39. The SMILES string of the molecule is CC(C)(C)c1nnc(SCc2nnc(-c3ccccc3Cl)o2)n1N. The van der Waals surface area contributed by atoms with Gasteiger partial charge in [-0.25, -0.2) is 4.68 Å². The van der Waals surface area contributed by atoms with Gasteiger partial charge in [-0.1, -0.05) is 56.3 Å². The second-order valence-electron chi connectivity index (χ2n) is 6.20. The molecule has 0 radical (unpaired) electrons. The maximum Gasteiger partial charge on any atom is 0.249 e. The summed E-state index contributed by atoms with van der Waals surface area (Å²) < 4.78 is 7.16. The van der Waals surface area contributed by atoms with E-state index in [9.17, 15) is 0 Å². The zero-order chi connectivity index (χ0) is 17.3. The Bertz CT molecular complexity index is 854. The van der Waals surface area contributed by atoms with Crippen molar-refractivity contribution >= 4 is 23.4 Å². The predicted molar refractivity (Wildman–Crippen MR) is 93.2 cm³/mol. The fourth-order valence-corrected chi connectivity index (χ4v) is 2.98. The van der Waals surface area contributed by atoms with Crippen LogP contribution in [0.3, 0.4) is 0 Å². The topological polar surface area (TPSA) is 95.6 Å². The summed E-state index contributed by atoms with van der Waals surface area (Å²) in [5.41, 5.74) is 0.530. The first-order valence-corrected chi connectivity index (χ1v) is 8.63. The Morgan fingerprint density at radius 3 is 2.58 bits per heavy atom. The number of aromatic nitrogens is 5. The molecule has 0 aliphatic heterocycles. The van der Waals surface area contributed by atoms with Crippen LogP contribution < -0.4 is 5.84 Å². The summed E-state index contributed by atoms with van der Waals surface area (Å²) in [5, 5.41) is 17.5. The largest absolute Gasteiger partial charge is 0.420 e. The van der Waals surface area contributed by atoms with Crippen molar-refractivity contribution in [3.05, 3.63) is 41.0 Å². The smallest absolute Gasteiger partial charge is 0.249 e. The molecule has 7 nitrogen and oxygen atoms in total. The summed E-state index contributed by atoms with van der Waals surface area (Å²) >= 11 is 7.52. The quantitative estimate of drug-likeness (QED) is 0.560. The standard InChI is InChI=1S/C15H17ClN6OS/c1-15(2,3)13-20-21-14(22(13)17)24-8-11-18-19-12(23-11)9-6-4-5-7-10(9)16/h4-7H,8,17H2,1-3H3. The van der Waals surface area contributed by atoms with E-state index in [1.54, 1.807) is 6.07 Å². The average Bonchev–Trinajstić information content (AvgIpc) is 3.12. The van der Waals surface area contributed by atoms with Crippen molar-refractivity contribution in [3.63, 3.8) is 0 Å². The zero-order valence-electron chi connectivity index (χ0n) is 13.5. The molecule has 0 spiro atoms. The summed E-state index contributed by atoms with van der Waals surface area (Å²) in [5.74, 6) is 8.07. The van der Waals surface area contributed by atoms with E-state index in [-0.39, 0.29) is 5.41 Å². The highest BCUT2D eigenvalue weighted by molar-refractivity contribution is 7.98. The molecule has 3 rings (SSSR count). The van der Waals surface area contributed by atoms with Gasteiger partial charge in [-0.2, -0.15) is 0 Å². The molecule has 0 saturated heterocycles. The van der Waals surface area contributed by atoms with E-state index in [0.29, 0.717) is 39.1 Å². The second kappa shape index (κ2) is 6.45. The number of nitrogens with zero attached hydrogens (tertiary/aromatic N) is 5. The Balaban J connectivity index is 1.73. The summed E-state index contributed by atoms with van der Waals surface area (Å²) in [6.45, 7) is 6.09. The van der Waals surface area contributed by atoms with Gasteiger partial charge in [0.1, 0.15) is 0 Å². The van der Waals surface area contributed by atoms with Gasteiger partial charge < -0.3 is 10.3 Å². The minimum absolute atomic E-state index is 0.178. The molecule has 2 heterocycles. The molecule has 0 aliphatic rings. The Labute approximate surface area is 148 Å². The van der Waals surface area contributed by atoms with Crippen LogP contribution in [0.15, 0.2) is 33.8 Å². The lowest BCUT2D eigenvalue weighted by Gasteiger charge is -2.16. The maximum absolute atomic E-state index is 6.14. The van der Waals surface area contributed by atoms with Gasteiger partial charge in [0.2, 0.25) is 16.9 Å². The van der Waals surface area contributed by atoms with E-state index in [2.05, 4.69) is 20.4 Å². The van der Waals surface area contributed by atoms with Crippen LogP contribution in [0.2, 0.25) is 5.02 Å². The first kappa shape index (κ1) is 16.8. The normalized spacial score (nSPS) is 11.8. The maximum atomic E-state index is 6.14. The third-order valence-electron chi connectivity index (χ3n) is 3.23. The van der Waals surface area contributed by atoms with E-state index < -0.39 is 0 Å². The molecule has 1 aromatic carbocycles. The molecular weight excluding hydrogens is 348 g/mol. The fraction of sp³-hybridized carbons (Fsp3) is 0.333. The van der Waals surface area contributed by atoms with Crippen LogP contribution in [-0.4, -0.2) is 25.1 Å². The highest BCUT2D eigenvalue weighted by atomic mass is 35.5. The summed E-state index contributed by atoms with van der Waals surface area (Å²) in [7, 11) is 0. The first-order valence-electron chi connectivity index (χ1n) is 7.27. The van der Waals surface area contributed by atoms with Crippen LogP contribution in [0.25, 0.3) is 11.5 Å². The van der Waals surface area contributed by atoms with Gasteiger partial charge in [0.05, 0.1) is 16.3 Å². The highest BCUT2D eigenvalue weighted by Gasteiger charge is 2.23. The molecule has 0 bridgehead atoms. The summed E-state index contributed by atoms with van der Waals surface area (Å²) in [6.07, 6.45) is 0. The van der Waals surface area contributed by atoms with Gasteiger partial charge in [-0.15, -0.1) is 20.4 Å². The van der Waals surface area contributed by atoms with E-state index in [4.69, 9.17) is 21.9 Å². The lowest BCUT2D eigenvalue weighted by Crippen LogP contribution is -2.24. The third-order valence-corrected chi connectivity index (χ3v) is 4.49. The van der Waals surface area contributed by atoms with Crippen molar-refractivity contribution in [1.29, 1.82) is 0 Å². The predicted octanol–water partition coefficient (Wildman–Crippen LogP) is 3.29. The average molecular weight is 365 g/mol. The number of nitrogen functional groups attached to an aromatic ring is 1. The molecule has 0 unspecified atom stereocenters. The van der Waals surface area contributed by atoms with Gasteiger partial charge >= 0.3 is 0 Å². The van der Waals surface area contributed by atoms with Crippen molar-refractivity contribution in [2.75, 3.05) is 5.84 Å². The molecule has 3 aromatic rings. The van der Waals surface area contributed by atoms with Crippen LogP contribution >= 0.6 is 23.4 Å². The van der Waals surface area contributed by atoms with E-state index in [1.165, 1.54) is 16.4 Å². The Kier molecular flexibility index (Phi) is 4.51. The molecule has 24 heavy (non-hydrogen) atoms. The molecule has 0 aliphatic carbocycles. The minimum atomic E-state index is -0.178. The highest BCUT2D eigenvalue weighted by Crippen LogP contribution is 2.28. The number of rotatable bonds is 4.